The number of nitrogens with two attached hydrogens (primary N) is 1. The summed E-state index contributed by atoms with van der Waals surface area (Å²) in [4.78, 5) is 14.2. The van der Waals surface area contributed by atoms with Crippen LogP contribution in [0.15, 0.2) is 42.5 Å². The fourth-order valence-corrected chi connectivity index (χ4v) is 2.20. The van der Waals surface area contributed by atoms with Crippen molar-refractivity contribution in [1.29, 1.82) is 0 Å². The number of carbonyl (C=O) groups excluding carboxylic acids is 1. The van der Waals surface area contributed by atoms with Crippen LogP contribution in [0.25, 0.3) is 0 Å². The number of anilines is 2. The summed E-state index contributed by atoms with van der Waals surface area (Å²) < 4.78 is 0. The van der Waals surface area contributed by atoms with Gasteiger partial charge < -0.3 is 10.6 Å². The van der Waals surface area contributed by atoms with Gasteiger partial charge in [0.25, 0.3) is 5.91 Å². The van der Waals surface area contributed by atoms with Gasteiger partial charge in [0, 0.05) is 18.4 Å². The van der Waals surface area contributed by atoms with E-state index in [0.29, 0.717) is 11.3 Å². The molecule has 0 atom stereocenters. The molecular formula is C16H18N2O. The molecule has 19 heavy (non-hydrogen) atoms. The van der Waals surface area contributed by atoms with Crippen molar-refractivity contribution >= 4 is 17.3 Å². The second kappa shape index (κ2) is 5.14. The van der Waals surface area contributed by atoms with Crippen LogP contribution in [0.3, 0.4) is 0 Å². The molecule has 3 heteroatoms. The van der Waals surface area contributed by atoms with E-state index in [0.717, 1.165) is 16.8 Å². The third-order valence-electron chi connectivity index (χ3n) is 3.30. The highest BCUT2D eigenvalue weighted by atomic mass is 16.2. The Morgan fingerprint density at radius 3 is 2.26 bits per heavy atom. The van der Waals surface area contributed by atoms with Gasteiger partial charge in [0.05, 0.1) is 5.56 Å². The van der Waals surface area contributed by atoms with Gasteiger partial charge >= 0.3 is 0 Å². The number of benzene rings is 2. The first kappa shape index (κ1) is 13.1. The van der Waals surface area contributed by atoms with Crippen LogP contribution in [-0.2, 0) is 0 Å². The third kappa shape index (κ3) is 2.45. The van der Waals surface area contributed by atoms with E-state index in [-0.39, 0.29) is 5.91 Å². The molecule has 0 aliphatic heterocycles. The fourth-order valence-electron chi connectivity index (χ4n) is 2.20. The number of carbonyl (C=O) groups is 1. The van der Waals surface area contributed by atoms with Crippen molar-refractivity contribution in [3.63, 3.8) is 0 Å². The lowest BCUT2D eigenvalue weighted by atomic mass is 10.0. The molecule has 0 aliphatic carbocycles. The van der Waals surface area contributed by atoms with Crippen molar-refractivity contribution in [2.45, 2.75) is 13.8 Å². The van der Waals surface area contributed by atoms with Crippen LogP contribution >= 0.6 is 0 Å². The molecule has 0 aliphatic rings. The first-order valence-corrected chi connectivity index (χ1v) is 6.21. The van der Waals surface area contributed by atoms with Crippen molar-refractivity contribution in [3.8, 4) is 0 Å². The molecule has 98 valence electrons. The molecule has 0 aromatic heterocycles. The number of nitrogens with zero attached hydrogens (tertiary/aromatic N) is 1. The molecule has 0 unspecified atom stereocenters. The molecule has 0 fully saturated rings. The van der Waals surface area contributed by atoms with Gasteiger partial charge in [0.2, 0.25) is 0 Å². The van der Waals surface area contributed by atoms with Crippen LogP contribution in [-0.4, -0.2) is 13.0 Å². The monoisotopic (exact) mass is 254 g/mol. The Bertz CT molecular complexity index is 600. The lowest BCUT2D eigenvalue weighted by Crippen LogP contribution is -2.28. The van der Waals surface area contributed by atoms with Gasteiger partial charge in [-0.15, -0.1) is 0 Å². The van der Waals surface area contributed by atoms with Gasteiger partial charge in [-0.2, -0.15) is 0 Å². The smallest absolute Gasteiger partial charge is 0.260 e. The number of nitrogen functional groups attached to an aromatic ring is 1. The van der Waals surface area contributed by atoms with E-state index in [1.54, 1.807) is 18.0 Å². The largest absolute Gasteiger partial charge is 0.398 e. The van der Waals surface area contributed by atoms with Crippen molar-refractivity contribution < 1.29 is 4.79 Å². The second-order valence-electron chi connectivity index (χ2n) is 4.69. The summed E-state index contributed by atoms with van der Waals surface area (Å²) in [6.07, 6.45) is 0. The molecule has 0 spiro atoms. The molecule has 0 bridgehead atoms. The SMILES string of the molecule is Cc1ccccc1N(C)C(=O)c1c(C)cccc1N. The normalized spacial score (nSPS) is 10.3. The van der Waals surface area contributed by atoms with E-state index >= 15 is 0 Å². The summed E-state index contributed by atoms with van der Waals surface area (Å²) >= 11 is 0. The van der Waals surface area contributed by atoms with Crippen LogP contribution in [0.4, 0.5) is 11.4 Å². The predicted molar refractivity (Wildman–Crippen MR) is 79.5 cm³/mol. The van der Waals surface area contributed by atoms with Crippen molar-refractivity contribution in [2.75, 3.05) is 17.7 Å². The molecule has 2 aromatic rings. The molecule has 2 rings (SSSR count). The number of aryl methyl sites for hydroxylation is 2. The summed E-state index contributed by atoms with van der Waals surface area (Å²) in [5, 5.41) is 0. The van der Waals surface area contributed by atoms with Crippen LogP contribution in [0.2, 0.25) is 0 Å². The van der Waals surface area contributed by atoms with Crippen LogP contribution in [0.5, 0.6) is 0 Å². The van der Waals surface area contributed by atoms with Gasteiger partial charge in [-0.05, 0) is 37.1 Å². The zero-order valence-corrected chi connectivity index (χ0v) is 11.5. The van der Waals surface area contributed by atoms with E-state index in [4.69, 9.17) is 5.73 Å². The first-order valence-electron chi connectivity index (χ1n) is 6.21. The molecule has 0 saturated heterocycles. The van der Waals surface area contributed by atoms with Gasteiger partial charge in [0.15, 0.2) is 0 Å². The Labute approximate surface area is 113 Å². The van der Waals surface area contributed by atoms with Gasteiger partial charge in [-0.3, -0.25) is 4.79 Å². The van der Waals surface area contributed by atoms with Gasteiger partial charge in [-0.1, -0.05) is 30.3 Å². The topological polar surface area (TPSA) is 46.3 Å². The Morgan fingerprint density at radius 1 is 1.00 bits per heavy atom. The highest BCUT2D eigenvalue weighted by molar-refractivity contribution is 6.10. The number of amides is 1. The highest BCUT2D eigenvalue weighted by Crippen LogP contribution is 2.23. The second-order valence-corrected chi connectivity index (χ2v) is 4.69. The van der Waals surface area contributed by atoms with Crippen LogP contribution in [0, 0.1) is 13.8 Å². The number of hydrogen-bond donors (Lipinski definition) is 1. The molecule has 0 heterocycles. The zero-order valence-electron chi connectivity index (χ0n) is 11.5. The standard InChI is InChI=1S/C16H18N2O/c1-11-7-4-5-10-14(11)18(3)16(19)15-12(2)8-6-9-13(15)17/h4-10H,17H2,1-3H3. The maximum absolute atomic E-state index is 12.6. The lowest BCUT2D eigenvalue weighted by molar-refractivity contribution is 0.0993. The van der Waals surface area contributed by atoms with E-state index in [2.05, 4.69) is 0 Å². The van der Waals surface area contributed by atoms with Crippen LogP contribution < -0.4 is 10.6 Å². The Hall–Kier alpha value is -2.29. The molecule has 2 aromatic carbocycles. The maximum atomic E-state index is 12.6. The average molecular weight is 254 g/mol. The van der Waals surface area contributed by atoms with E-state index in [9.17, 15) is 4.79 Å². The van der Waals surface area contributed by atoms with Crippen molar-refractivity contribution in [1.82, 2.24) is 0 Å². The Kier molecular flexibility index (Phi) is 3.56. The molecule has 0 radical (unpaired) electrons. The minimum atomic E-state index is -0.0788. The minimum Gasteiger partial charge on any atom is -0.398 e. The predicted octanol–water partition coefficient (Wildman–Crippen LogP) is 3.16. The molecule has 3 nitrogen and oxygen atoms in total. The highest BCUT2D eigenvalue weighted by Gasteiger charge is 2.18. The van der Waals surface area contributed by atoms with Crippen molar-refractivity contribution in [2.24, 2.45) is 0 Å². The van der Waals surface area contributed by atoms with E-state index in [1.165, 1.54) is 0 Å². The molecule has 0 saturated carbocycles. The number of hydrogen-bond acceptors (Lipinski definition) is 2. The number of para-hydroxylation sites is 1. The third-order valence-corrected chi connectivity index (χ3v) is 3.30. The summed E-state index contributed by atoms with van der Waals surface area (Å²) in [7, 11) is 1.77. The quantitative estimate of drug-likeness (QED) is 0.837. The van der Waals surface area contributed by atoms with Crippen LogP contribution in [0.1, 0.15) is 21.5 Å². The van der Waals surface area contributed by atoms with Gasteiger partial charge in [0.1, 0.15) is 0 Å². The first-order chi connectivity index (χ1) is 9.02. The molecule has 2 N–H and O–H groups in total. The lowest BCUT2D eigenvalue weighted by Gasteiger charge is -2.21. The maximum Gasteiger partial charge on any atom is 0.260 e. The summed E-state index contributed by atoms with van der Waals surface area (Å²) in [5.74, 6) is -0.0788. The van der Waals surface area contributed by atoms with E-state index < -0.39 is 0 Å². The summed E-state index contributed by atoms with van der Waals surface area (Å²) in [6.45, 7) is 3.88. The Morgan fingerprint density at radius 2 is 1.63 bits per heavy atom. The van der Waals surface area contributed by atoms with E-state index in [1.807, 2.05) is 50.2 Å². The van der Waals surface area contributed by atoms with Crippen molar-refractivity contribution in [3.05, 3.63) is 59.2 Å². The summed E-state index contributed by atoms with van der Waals surface area (Å²) in [6, 6.07) is 13.3. The van der Waals surface area contributed by atoms with Gasteiger partial charge in [-0.25, -0.2) is 0 Å². The minimum absolute atomic E-state index is 0.0788. The number of rotatable bonds is 2. The average Bonchev–Trinajstić information content (AvgIpc) is 2.38. The summed E-state index contributed by atoms with van der Waals surface area (Å²) in [5.41, 5.74) is 9.88. The fraction of sp³-hybridized carbons (Fsp3) is 0.188. The zero-order chi connectivity index (χ0) is 14.0. The Balaban J connectivity index is 2.43. The molecular weight excluding hydrogens is 236 g/mol. The molecule has 1 amide bonds.